The van der Waals surface area contributed by atoms with Gasteiger partial charge in [0.25, 0.3) is 0 Å². The van der Waals surface area contributed by atoms with E-state index in [4.69, 9.17) is 7.57 Å². The summed E-state index contributed by atoms with van der Waals surface area (Å²) in [5, 5.41) is 0. The van der Waals surface area contributed by atoms with Gasteiger partial charge in [-0.2, -0.15) is 0 Å². The minimum atomic E-state index is -0.413. The summed E-state index contributed by atoms with van der Waals surface area (Å²) in [5.74, 6) is 0. The van der Waals surface area contributed by atoms with Crippen LogP contribution in [0.5, 0.6) is 0 Å². The van der Waals surface area contributed by atoms with Crippen molar-refractivity contribution in [3.05, 3.63) is 0 Å². The molecular formula is C6H13BP+. The minimum Gasteiger partial charge on any atom is -0.0477 e. The van der Waals surface area contributed by atoms with Gasteiger partial charge in [-0.25, -0.2) is 0 Å². The fourth-order valence-electron chi connectivity index (χ4n) is 1.32. The SMILES string of the molecule is [B][PH+]1[C@H](C)CC[C@H]1C. The molecule has 0 aromatic carbocycles. The van der Waals surface area contributed by atoms with Crippen LogP contribution in [0, 0.1) is 0 Å². The first-order chi connectivity index (χ1) is 3.72. The van der Waals surface area contributed by atoms with Crippen LogP contribution in [0.1, 0.15) is 26.7 Å². The van der Waals surface area contributed by atoms with Crippen molar-refractivity contribution >= 4 is 15.4 Å². The van der Waals surface area contributed by atoms with E-state index in [9.17, 15) is 0 Å². The molecule has 1 aliphatic heterocycles. The van der Waals surface area contributed by atoms with E-state index in [1.54, 1.807) is 0 Å². The molecule has 0 bridgehead atoms. The standard InChI is InChI=1S/C6H13BP/c1-5-3-4-6(2)8(5)7/h5-6,8H,3-4H2,1-2H3/q+1/t5-,6-/m1/s1. The molecule has 8 heavy (non-hydrogen) atoms. The van der Waals surface area contributed by atoms with Gasteiger partial charge in [0, 0.05) is 11.3 Å². The Hall–Kier alpha value is 0.495. The highest BCUT2D eigenvalue weighted by molar-refractivity contribution is 7.83. The van der Waals surface area contributed by atoms with Crippen LogP contribution in [0.2, 0.25) is 0 Å². The Bertz CT molecular complexity index is 74.6. The average molecular weight is 127 g/mol. The molecule has 0 spiro atoms. The summed E-state index contributed by atoms with van der Waals surface area (Å²) in [5.41, 5.74) is 1.74. The van der Waals surface area contributed by atoms with Crippen molar-refractivity contribution in [1.82, 2.24) is 0 Å². The van der Waals surface area contributed by atoms with Crippen LogP contribution in [-0.2, 0) is 0 Å². The Morgan fingerprint density at radius 1 is 1.25 bits per heavy atom. The Morgan fingerprint density at radius 3 is 1.75 bits per heavy atom. The molecule has 0 N–H and O–H groups in total. The van der Waals surface area contributed by atoms with E-state index >= 15 is 0 Å². The predicted molar refractivity (Wildman–Crippen MR) is 42.2 cm³/mol. The van der Waals surface area contributed by atoms with Gasteiger partial charge in [-0.05, 0) is 34.5 Å². The molecule has 0 aromatic rings. The van der Waals surface area contributed by atoms with E-state index in [2.05, 4.69) is 13.8 Å². The number of rotatable bonds is 0. The zero-order valence-corrected chi connectivity index (χ0v) is 6.65. The van der Waals surface area contributed by atoms with Gasteiger partial charge in [-0.1, -0.05) is 0 Å². The molecule has 1 saturated heterocycles. The molecule has 2 radical (unpaired) electrons. The molecule has 1 fully saturated rings. The Kier molecular flexibility index (Phi) is 1.98. The fourth-order valence-corrected chi connectivity index (χ4v) is 3.29. The third-order valence-corrected chi connectivity index (χ3v) is 5.02. The summed E-state index contributed by atoms with van der Waals surface area (Å²) in [6.45, 7) is 4.58. The lowest BCUT2D eigenvalue weighted by molar-refractivity contribution is 0.777. The molecule has 0 aromatic heterocycles. The molecule has 0 nitrogen and oxygen atoms in total. The quantitative estimate of drug-likeness (QED) is 0.344. The summed E-state index contributed by atoms with van der Waals surface area (Å²) in [6, 6.07) is 0. The van der Waals surface area contributed by atoms with Crippen LogP contribution in [-0.4, -0.2) is 18.9 Å². The van der Waals surface area contributed by atoms with Gasteiger partial charge in [-0.3, -0.25) is 0 Å². The van der Waals surface area contributed by atoms with Crippen molar-refractivity contribution in [2.24, 2.45) is 0 Å². The molecule has 0 amide bonds. The van der Waals surface area contributed by atoms with Crippen molar-refractivity contribution in [2.75, 3.05) is 0 Å². The second-order valence-electron chi connectivity index (χ2n) is 2.88. The van der Waals surface area contributed by atoms with Crippen LogP contribution in [0.4, 0.5) is 0 Å². The Labute approximate surface area is 54.2 Å². The van der Waals surface area contributed by atoms with Gasteiger partial charge < -0.3 is 0 Å². The van der Waals surface area contributed by atoms with Gasteiger partial charge >= 0.3 is 7.57 Å². The van der Waals surface area contributed by atoms with Gasteiger partial charge in [0.2, 0.25) is 0 Å². The Balaban J connectivity index is 2.44. The van der Waals surface area contributed by atoms with E-state index in [0.717, 1.165) is 11.3 Å². The fraction of sp³-hybridized carbons (Fsp3) is 1.00. The summed E-state index contributed by atoms with van der Waals surface area (Å²) < 4.78 is 0. The molecule has 44 valence electrons. The first-order valence-corrected chi connectivity index (χ1v) is 5.07. The van der Waals surface area contributed by atoms with E-state index in [0.29, 0.717) is 0 Å². The van der Waals surface area contributed by atoms with Crippen molar-refractivity contribution < 1.29 is 0 Å². The van der Waals surface area contributed by atoms with Gasteiger partial charge in [-0.15, -0.1) is 0 Å². The summed E-state index contributed by atoms with van der Waals surface area (Å²) >= 11 is 0. The molecule has 0 aliphatic carbocycles. The third kappa shape index (κ3) is 1.08. The maximum Gasteiger partial charge on any atom is 0.362 e. The summed E-state index contributed by atoms with van der Waals surface area (Å²) in [7, 11) is 5.51. The van der Waals surface area contributed by atoms with E-state index in [-0.39, 0.29) is 0 Å². The first kappa shape index (κ1) is 6.61. The van der Waals surface area contributed by atoms with E-state index in [1.165, 1.54) is 12.8 Å². The topological polar surface area (TPSA) is 0 Å². The average Bonchev–Trinajstić information content (AvgIpc) is 1.98. The van der Waals surface area contributed by atoms with Crippen LogP contribution >= 0.6 is 7.80 Å². The molecule has 0 unspecified atom stereocenters. The summed E-state index contributed by atoms with van der Waals surface area (Å²) in [4.78, 5) is 0. The smallest absolute Gasteiger partial charge is 0.0477 e. The first-order valence-electron chi connectivity index (χ1n) is 3.34. The largest absolute Gasteiger partial charge is 0.362 e. The molecule has 2 heteroatoms. The molecule has 2 atom stereocenters. The number of hydrogen-bond acceptors (Lipinski definition) is 0. The van der Waals surface area contributed by atoms with Crippen LogP contribution < -0.4 is 0 Å². The molecular weight excluding hydrogens is 114 g/mol. The van der Waals surface area contributed by atoms with Crippen LogP contribution in [0.25, 0.3) is 0 Å². The molecule has 1 heterocycles. The van der Waals surface area contributed by atoms with E-state index in [1.807, 2.05) is 0 Å². The van der Waals surface area contributed by atoms with Gasteiger partial charge in [0.15, 0.2) is 0 Å². The van der Waals surface area contributed by atoms with Crippen molar-refractivity contribution in [1.29, 1.82) is 0 Å². The zero-order chi connectivity index (χ0) is 6.15. The van der Waals surface area contributed by atoms with Gasteiger partial charge in [0.1, 0.15) is 0 Å². The van der Waals surface area contributed by atoms with Crippen LogP contribution in [0.3, 0.4) is 0 Å². The van der Waals surface area contributed by atoms with Gasteiger partial charge in [0.05, 0.1) is 0 Å². The predicted octanol–water partition coefficient (Wildman–Crippen LogP) is 1.85. The molecule has 1 rings (SSSR count). The van der Waals surface area contributed by atoms with Crippen LogP contribution in [0.15, 0.2) is 0 Å². The maximum atomic E-state index is 5.92. The lowest BCUT2D eigenvalue weighted by Crippen LogP contribution is -1.94. The number of hydrogen-bond donors (Lipinski definition) is 0. The summed E-state index contributed by atoms with van der Waals surface area (Å²) in [6.07, 6.45) is 2.76. The highest BCUT2D eigenvalue weighted by Crippen LogP contribution is 2.51. The van der Waals surface area contributed by atoms with Crippen molar-refractivity contribution in [3.63, 3.8) is 0 Å². The monoisotopic (exact) mass is 127 g/mol. The highest BCUT2D eigenvalue weighted by atomic mass is 31.1. The lowest BCUT2D eigenvalue weighted by Gasteiger charge is -2.04. The lowest BCUT2D eigenvalue weighted by atomic mass is 10.2. The maximum absolute atomic E-state index is 5.92. The highest BCUT2D eigenvalue weighted by Gasteiger charge is 2.32. The van der Waals surface area contributed by atoms with Crippen molar-refractivity contribution in [2.45, 2.75) is 38.0 Å². The normalized spacial score (nSPS) is 40.8. The third-order valence-electron chi connectivity index (χ3n) is 2.17. The zero-order valence-electron chi connectivity index (χ0n) is 5.65. The molecule has 1 aliphatic rings. The second-order valence-corrected chi connectivity index (χ2v) is 5.85. The Morgan fingerprint density at radius 2 is 1.62 bits per heavy atom. The minimum absolute atomic E-state index is 0.413. The second kappa shape index (κ2) is 2.39. The molecule has 0 saturated carbocycles. The van der Waals surface area contributed by atoms with Crippen molar-refractivity contribution in [3.8, 4) is 0 Å². The van der Waals surface area contributed by atoms with E-state index < -0.39 is 7.80 Å².